The molecule has 1 saturated heterocycles. The van der Waals surface area contributed by atoms with Gasteiger partial charge in [-0.15, -0.1) is 0 Å². The number of rotatable bonds is 4. The minimum atomic E-state index is -0.283. The Bertz CT molecular complexity index is 1370. The second-order valence-electron chi connectivity index (χ2n) is 7.61. The van der Waals surface area contributed by atoms with Crippen LogP contribution in [0.4, 0.5) is 0 Å². The molecule has 0 N–H and O–H groups in total. The lowest BCUT2D eigenvalue weighted by Crippen LogP contribution is -2.46. The minimum Gasteiger partial charge on any atom is -0.289 e. The number of hydrogen-bond donors (Lipinski definition) is 0. The molecule has 0 aliphatic carbocycles. The van der Waals surface area contributed by atoms with Gasteiger partial charge in [0.15, 0.2) is 0 Å². The van der Waals surface area contributed by atoms with E-state index in [1.807, 2.05) is 61.5 Å². The van der Waals surface area contributed by atoms with Crippen LogP contribution < -0.4 is 4.87 Å². The number of thiazole rings is 1. The van der Waals surface area contributed by atoms with Gasteiger partial charge in [-0.25, -0.2) is 14.7 Å². The first kappa shape index (κ1) is 20.2. The third-order valence-corrected chi connectivity index (χ3v) is 6.62. The van der Waals surface area contributed by atoms with E-state index in [9.17, 15) is 14.4 Å². The van der Waals surface area contributed by atoms with Crippen molar-refractivity contribution in [1.82, 2.24) is 24.4 Å². The fourth-order valence-corrected chi connectivity index (χ4v) is 4.94. The first-order valence-corrected chi connectivity index (χ1v) is 11.2. The first-order chi connectivity index (χ1) is 15.5. The SMILES string of the molecule is Cc1c(C(=O)N2CCCN2C(=O)Cn2c(=O)sc3ccccc32)cnn1-c1ccccc1. The molecule has 0 atom stereocenters. The predicted octanol–water partition coefficient (Wildman–Crippen LogP) is 2.85. The summed E-state index contributed by atoms with van der Waals surface area (Å²) in [6.07, 6.45) is 2.23. The molecule has 0 spiro atoms. The van der Waals surface area contributed by atoms with E-state index in [-0.39, 0.29) is 23.2 Å². The number of hydrogen-bond acceptors (Lipinski definition) is 5. The van der Waals surface area contributed by atoms with Gasteiger partial charge < -0.3 is 0 Å². The summed E-state index contributed by atoms with van der Waals surface area (Å²) in [5.41, 5.74) is 2.75. The van der Waals surface area contributed by atoms with E-state index in [1.54, 1.807) is 10.9 Å². The molecule has 162 valence electrons. The molecule has 3 heterocycles. The Balaban J connectivity index is 1.39. The van der Waals surface area contributed by atoms with Crippen LogP contribution in [0.2, 0.25) is 0 Å². The van der Waals surface area contributed by atoms with Crippen LogP contribution in [0.15, 0.2) is 65.6 Å². The average molecular weight is 448 g/mol. The summed E-state index contributed by atoms with van der Waals surface area (Å²) >= 11 is 1.11. The van der Waals surface area contributed by atoms with Gasteiger partial charge in [0, 0.05) is 13.1 Å². The lowest BCUT2D eigenvalue weighted by Gasteiger charge is -2.28. The number of fused-ring (bicyclic) bond motifs is 1. The second-order valence-corrected chi connectivity index (χ2v) is 8.60. The zero-order valence-electron chi connectivity index (χ0n) is 17.5. The Labute approximate surface area is 187 Å². The maximum absolute atomic E-state index is 13.3. The number of para-hydroxylation sites is 2. The van der Waals surface area contributed by atoms with Crippen molar-refractivity contribution < 1.29 is 9.59 Å². The molecule has 0 bridgehead atoms. The molecule has 0 radical (unpaired) electrons. The van der Waals surface area contributed by atoms with E-state index in [4.69, 9.17) is 0 Å². The van der Waals surface area contributed by atoms with Crippen LogP contribution in [-0.4, -0.2) is 49.3 Å². The Morgan fingerprint density at radius 2 is 1.72 bits per heavy atom. The van der Waals surface area contributed by atoms with Crippen LogP contribution in [0, 0.1) is 6.92 Å². The highest BCUT2D eigenvalue weighted by Gasteiger charge is 2.33. The molecule has 1 aliphatic heterocycles. The van der Waals surface area contributed by atoms with Gasteiger partial charge in [-0.05, 0) is 37.6 Å². The topological polar surface area (TPSA) is 80.4 Å². The van der Waals surface area contributed by atoms with Gasteiger partial charge in [-0.1, -0.05) is 41.7 Å². The molecular weight excluding hydrogens is 426 g/mol. The van der Waals surface area contributed by atoms with Gasteiger partial charge in [0.05, 0.1) is 33.4 Å². The lowest BCUT2D eigenvalue weighted by atomic mass is 10.2. The first-order valence-electron chi connectivity index (χ1n) is 10.3. The second kappa shape index (κ2) is 8.08. The normalized spacial score (nSPS) is 13.8. The maximum Gasteiger partial charge on any atom is 0.308 e. The van der Waals surface area contributed by atoms with E-state index in [1.165, 1.54) is 14.6 Å². The fraction of sp³-hybridized carbons (Fsp3) is 0.217. The summed E-state index contributed by atoms with van der Waals surface area (Å²) < 4.78 is 4.03. The van der Waals surface area contributed by atoms with Crippen molar-refractivity contribution in [3.05, 3.63) is 81.7 Å². The van der Waals surface area contributed by atoms with E-state index in [0.29, 0.717) is 30.8 Å². The zero-order chi connectivity index (χ0) is 22.2. The smallest absolute Gasteiger partial charge is 0.289 e. The fourth-order valence-electron chi connectivity index (χ4n) is 4.05. The summed E-state index contributed by atoms with van der Waals surface area (Å²) in [6.45, 7) is 2.62. The highest BCUT2D eigenvalue weighted by atomic mass is 32.1. The van der Waals surface area contributed by atoms with Crippen LogP contribution in [0.3, 0.4) is 0 Å². The monoisotopic (exact) mass is 447 g/mol. The number of aromatic nitrogens is 3. The molecule has 4 aromatic rings. The van der Waals surface area contributed by atoms with Crippen LogP contribution in [0.25, 0.3) is 15.9 Å². The van der Waals surface area contributed by atoms with Crippen LogP contribution in [-0.2, 0) is 11.3 Å². The lowest BCUT2D eigenvalue weighted by molar-refractivity contribution is -0.141. The Kier molecular flexibility index (Phi) is 5.10. The Hall–Kier alpha value is -3.72. The zero-order valence-corrected chi connectivity index (χ0v) is 18.3. The number of nitrogens with zero attached hydrogens (tertiary/aromatic N) is 5. The predicted molar refractivity (Wildman–Crippen MR) is 122 cm³/mol. The van der Waals surface area contributed by atoms with Crippen LogP contribution >= 0.6 is 11.3 Å². The summed E-state index contributed by atoms with van der Waals surface area (Å²) in [7, 11) is 0. The van der Waals surface area contributed by atoms with Crippen molar-refractivity contribution in [3.63, 3.8) is 0 Å². The summed E-state index contributed by atoms with van der Waals surface area (Å²) in [4.78, 5) is 38.7. The molecular formula is C23H21N5O3S. The molecule has 5 rings (SSSR count). The third-order valence-electron chi connectivity index (χ3n) is 5.66. The molecule has 0 unspecified atom stereocenters. The number of hydrazine groups is 1. The summed E-state index contributed by atoms with van der Waals surface area (Å²) in [6, 6.07) is 17.0. The van der Waals surface area contributed by atoms with Crippen molar-refractivity contribution >= 4 is 33.4 Å². The highest BCUT2D eigenvalue weighted by molar-refractivity contribution is 7.16. The van der Waals surface area contributed by atoms with E-state index in [2.05, 4.69) is 5.10 Å². The molecule has 32 heavy (non-hydrogen) atoms. The van der Waals surface area contributed by atoms with Crippen molar-refractivity contribution in [1.29, 1.82) is 0 Å². The van der Waals surface area contributed by atoms with Crippen molar-refractivity contribution in [2.45, 2.75) is 19.9 Å². The maximum atomic E-state index is 13.3. The molecule has 2 amide bonds. The number of amides is 2. The summed E-state index contributed by atoms with van der Waals surface area (Å²) in [5.74, 6) is -0.548. The quantitative estimate of drug-likeness (QED) is 0.482. The van der Waals surface area contributed by atoms with Crippen molar-refractivity contribution in [2.75, 3.05) is 13.1 Å². The van der Waals surface area contributed by atoms with Gasteiger partial charge in [-0.3, -0.25) is 19.0 Å². The summed E-state index contributed by atoms with van der Waals surface area (Å²) in [5, 5.41) is 7.31. The van der Waals surface area contributed by atoms with Crippen molar-refractivity contribution in [2.24, 2.45) is 0 Å². The average Bonchev–Trinajstić information content (AvgIpc) is 3.52. The Morgan fingerprint density at radius 1 is 1.00 bits per heavy atom. The van der Waals surface area contributed by atoms with Gasteiger partial charge in [0.2, 0.25) is 0 Å². The Morgan fingerprint density at radius 3 is 2.53 bits per heavy atom. The number of carbonyl (C=O) groups excluding carboxylic acids is 2. The molecule has 1 aliphatic rings. The van der Waals surface area contributed by atoms with E-state index in [0.717, 1.165) is 27.2 Å². The molecule has 8 nitrogen and oxygen atoms in total. The van der Waals surface area contributed by atoms with E-state index >= 15 is 0 Å². The molecule has 1 fully saturated rings. The van der Waals surface area contributed by atoms with Gasteiger partial charge in [0.1, 0.15) is 6.54 Å². The van der Waals surface area contributed by atoms with Crippen LogP contribution in [0.5, 0.6) is 0 Å². The van der Waals surface area contributed by atoms with Gasteiger partial charge in [-0.2, -0.15) is 5.10 Å². The third kappa shape index (κ3) is 3.40. The number of benzene rings is 2. The van der Waals surface area contributed by atoms with E-state index < -0.39 is 0 Å². The highest BCUT2D eigenvalue weighted by Crippen LogP contribution is 2.21. The molecule has 0 saturated carbocycles. The van der Waals surface area contributed by atoms with Crippen molar-refractivity contribution in [3.8, 4) is 5.69 Å². The standard InChI is InChI=1S/C23H21N5O3S/c1-16-18(14-24-28(16)17-8-3-2-4-9-17)22(30)27-13-7-12-26(27)21(29)15-25-19-10-5-6-11-20(19)32-23(25)31/h2-6,8-11,14H,7,12-13,15H2,1H3. The molecule has 9 heteroatoms. The molecule has 2 aromatic carbocycles. The van der Waals surface area contributed by atoms with Gasteiger partial charge in [0.25, 0.3) is 11.8 Å². The molecule has 2 aromatic heterocycles. The number of carbonyl (C=O) groups is 2. The largest absolute Gasteiger partial charge is 0.308 e. The van der Waals surface area contributed by atoms with Gasteiger partial charge >= 0.3 is 4.87 Å². The minimum absolute atomic E-state index is 0.102. The van der Waals surface area contributed by atoms with Crippen LogP contribution in [0.1, 0.15) is 22.5 Å².